The molecule has 0 radical (unpaired) electrons. The number of halogens is 3. The van der Waals surface area contributed by atoms with Crippen LogP contribution in [-0.4, -0.2) is 43.8 Å². The highest BCUT2D eigenvalue weighted by Crippen LogP contribution is 2.35. The van der Waals surface area contributed by atoms with Gasteiger partial charge < -0.3 is 20.1 Å². The third-order valence-corrected chi connectivity index (χ3v) is 3.59. The van der Waals surface area contributed by atoms with E-state index in [9.17, 15) is 18.0 Å². The van der Waals surface area contributed by atoms with Crippen LogP contribution in [0.2, 0.25) is 0 Å². The van der Waals surface area contributed by atoms with E-state index >= 15 is 0 Å². The number of amides is 2. The first kappa shape index (κ1) is 15.4. The molecule has 0 atom stereocenters. The minimum absolute atomic E-state index is 0.0423. The van der Waals surface area contributed by atoms with Crippen LogP contribution in [0.5, 0.6) is 0 Å². The number of alkyl halides is 3. The Labute approximate surface area is 115 Å². The van der Waals surface area contributed by atoms with Gasteiger partial charge in [0.05, 0.1) is 19.6 Å². The molecule has 5 nitrogen and oxygen atoms in total. The van der Waals surface area contributed by atoms with E-state index in [4.69, 9.17) is 9.47 Å². The SMILES string of the molecule is O=C(NCCC(F)(F)F)NC1CCC2(CC1)OCCO2. The predicted molar refractivity (Wildman–Crippen MR) is 64.1 cm³/mol. The summed E-state index contributed by atoms with van der Waals surface area (Å²) in [4.78, 5) is 11.5. The monoisotopic (exact) mass is 296 g/mol. The largest absolute Gasteiger partial charge is 0.390 e. The van der Waals surface area contributed by atoms with Gasteiger partial charge in [0, 0.05) is 25.4 Å². The van der Waals surface area contributed by atoms with Crippen molar-refractivity contribution in [3.05, 3.63) is 0 Å². The quantitative estimate of drug-likeness (QED) is 0.836. The van der Waals surface area contributed by atoms with E-state index in [0.717, 1.165) is 0 Å². The molecule has 2 N–H and O–H groups in total. The van der Waals surface area contributed by atoms with Crippen LogP contribution in [0.3, 0.4) is 0 Å². The fraction of sp³-hybridized carbons (Fsp3) is 0.917. The molecule has 1 aliphatic carbocycles. The number of urea groups is 1. The van der Waals surface area contributed by atoms with Crippen molar-refractivity contribution in [3.8, 4) is 0 Å². The molecule has 116 valence electrons. The molecule has 1 saturated carbocycles. The van der Waals surface area contributed by atoms with Crippen molar-refractivity contribution in [1.82, 2.24) is 10.6 Å². The minimum Gasteiger partial charge on any atom is -0.348 e. The molecule has 0 aromatic heterocycles. The Morgan fingerprint density at radius 3 is 2.35 bits per heavy atom. The van der Waals surface area contributed by atoms with Gasteiger partial charge in [-0.1, -0.05) is 0 Å². The number of carbonyl (C=O) groups is 1. The third-order valence-electron chi connectivity index (χ3n) is 3.59. The second-order valence-electron chi connectivity index (χ2n) is 5.15. The first-order valence-electron chi connectivity index (χ1n) is 6.78. The Balaban J connectivity index is 1.63. The maximum absolute atomic E-state index is 11.9. The normalized spacial score (nSPS) is 22.9. The lowest BCUT2D eigenvalue weighted by atomic mass is 9.90. The van der Waals surface area contributed by atoms with Crippen LogP contribution in [-0.2, 0) is 9.47 Å². The van der Waals surface area contributed by atoms with Crippen LogP contribution in [0.4, 0.5) is 18.0 Å². The average molecular weight is 296 g/mol. The van der Waals surface area contributed by atoms with Gasteiger partial charge in [0.2, 0.25) is 0 Å². The lowest BCUT2D eigenvalue weighted by Gasteiger charge is -2.35. The first-order valence-corrected chi connectivity index (χ1v) is 6.78. The van der Waals surface area contributed by atoms with Gasteiger partial charge in [0.1, 0.15) is 0 Å². The number of nitrogens with one attached hydrogen (secondary N) is 2. The van der Waals surface area contributed by atoms with Gasteiger partial charge in [-0.05, 0) is 12.8 Å². The van der Waals surface area contributed by atoms with E-state index < -0.39 is 31.0 Å². The van der Waals surface area contributed by atoms with E-state index in [2.05, 4.69) is 10.6 Å². The molecular formula is C12H19F3N2O3. The summed E-state index contributed by atoms with van der Waals surface area (Å²) < 4.78 is 46.9. The number of rotatable bonds is 3. The Kier molecular flexibility index (Phi) is 4.74. The molecule has 2 aliphatic rings. The van der Waals surface area contributed by atoms with E-state index in [1.54, 1.807) is 0 Å². The fourth-order valence-electron chi connectivity index (χ4n) is 2.54. The number of carbonyl (C=O) groups excluding carboxylic acids is 1. The molecule has 1 saturated heterocycles. The Morgan fingerprint density at radius 1 is 1.20 bits per heavy atom. The molecular weight excluding hydrogens is 277 g/mol. The van der Waals surface area contributed by atoms with Crippen LogP contribution in [0.1, 0.15) is 32.1 Å². The van der Waals surface area contributed by atoms with Crippen LogP contribution >= 0.6 is 0 Å². The van der Waals surface area contributed by atoms with Crippen molar-refractivity contribution in [3.63, 3.8) is 0 Å². The summed E-state index contributed by atoms with van der Waals surface area (Å²) >= 11 is 0. The topological polar surface area (TPSA) is 59.6 Å². The van der Waals surface area contributed by atoms with Crippen molar-refractivity contribution in [2.75, 3.05) is 19.8 Å². The van der Waals surface area contributed by atoms with Crippen molar-refractivity contribution in [2.45, 2.75) is 50.1 Å². The summed E-state index contributed by atoms with van der Waals surface area (Å²) in [5.41, 5.74) is 0. The second-order valence-corrected chi connectivity index (χ2v) is 5.15. The zero-order valence-corrected chi connectivity index (χ0v) is 11.1. The van der Waals surface area contributed by atoms with Crippen LogP contribution in [0.15, 0.2) is 0 Å². The van der Waals surface area contributed by atoms with Crippen molar-refractivity contribution >= 4 is 6.03 Å². The van der Waals surface area contributed by atoms with Gasteiger partial charge in [0.15, 0.2) is 5.79 Å². The van der Waals surface area contributed by atoms with Crippen LogP contribution in [0.25, 0.3) is 0 Å². The maximum Gasteiger partial charge on any atom is 0.390 e. The molecule has 0 bridgehead atoms. The number of hydrogen-bond acceptors (Lipinski definition) is 3. The Hall–Kier alpha value is -1.02. The van der Waals surface area contributed by atoms with Crippen molar-refractivity contribution < 1.29 is 27.4 Å². The molecule has 2 fully saturated rings. The summed E-state index contributed by atoms with van der Waals surface area (Å²) in [6.45, 7) is 0.782. The molecule has 1 spiro atoms. The van der Waals surface area contributed by atoms with Gasteiger partial charge in [-0.15, -0.1) is 0 Å². The Bertz CT molecular complexity index is 333. The molecule has 20 heavy (non-hydrogen) atoms. The molecule has 1 heterocycles. The van der Waals surface area contributed by atoms with Gasteiger partial charge in [-0.25, -0.2) is 4.79 Å². The first-order chi connectivity index (χ1) is 9.39. The third kappa shape index (κ3) is 4.52. The lowest BCUT2D eigenvalue weighted by Crippen LogP contribution is -2.47. The van der Waals surface area contributed by atoms with Crippen LogP contribution < -0.4 is 10.6 Å². The molecule has 2 amide bonds. The summed E-state index contributed by atoms with van der Waals surface area (Å²) in [5, 5.41) is 4.90. The summed E-state index contributed by atoms with van der Waals surface area (Å²) in [6, 6.07) is -0.595. The van der Waals surface area contributed by atoms with Crippen molar-refractivity contribution in [1.29, 1.82) is 0 Å². The van der Waals surface area contributed by atoms with E-state index in [1.807, 2.05) is 0 Å². The average Bonchev–Trinajstić information content (AvgIpc) is 2.79. The highest BCUT2D eigenvalue weighted by Gasteiger charge is 2.40. The number of ether oxygens (including phenoxy) is 2. The van der Waals surface area contributed by atoms with Gasteiger partial charge in [0.25, 0.3) is 0 Å². The Morgan fingerprint density at radius 2 is 1.80 bits per heavy atom. The zero-order valence-electron chi connectivity index (χ0n) is 11.1. The molecule has 0 aromatic carbocycles. The molecule has 2 rings (SSSR count). The number of hydrogen-bond donors (Lipinski definition) is 2. The zero-order chi connectivity index (χ0) is 14.6. The maximum atomic E-state index is 11.9. The lowest BCUT2D eigenvalue weighted by molar-refractivity contribution is -0.179. The predicted octanol–water partition coefficient (Wildman–Crippen LogP) is 1.92. The molecule has 1 aliphatic heterocycles. The second kappa shape index (κ2) is 6.17. The van der Waals surface area contributed by atoms with Gasteiger partial charge in [-0.2, -0.15) is 13.2 Å². The van der Waals surface area contributed by atoms with E-state index in [-0.39, 0.29) is 6.04 Å². The smallest absolute Gasteiger partial charge is 0.348 e. The summed E-state index contributed by atoms with van der Waals surface area (Å²) in [6.07, 6.45) is -2.47. The molecule has 8 heteroatoms. The standard InChI is InChI=1S/C12H19F3N2O3/c13-12(14,15)5-6-16-10(18)17-9-1-3-11(4-2-9)19-7-8-20-11/h9H,1-8H2,(H2,16,17,18). The van der Waals surface area contributed by atoms with Gasteiger partial charge in [-0.3, -0.25) is 0 Å². The highest BCUT2D eigenvalue weighted by molar-refractivity contribution is 5.74. The molecule has 0 aromatic rings. The van der Waals surface area contributed by atoms with Crippen LogP contribution in [0, 0.1) is 0 Å². The fourth-order valence-corrected chi connectivity index (χ4v) is 2.54. The van der Waals surface area contributed by atoms with Crippen molar-refractivity contribution in [2.24, 2.45) is 0 Å². The summed E-state index contributed by atoms with van der Waals surface area (Å²) in [5.74, 6) is -0.495. The minimum atomic E-state index is -4.25. The molecule has 0 unspecified atom stereocenters. The highest BCUT2D eigenvalue weighted by atomic mass is 19.4. The van der Waals surface area contributed by atoms with E-state index in [0.29, 0.717) is 38.9 Å². The van der Waals surface area contributed by atoms with Gasteiger partial charge >= 0.3 is 12.2 Å². The summed E-state index contributed by atoms with van der Waals surface area (Å²) in [7, 11) is 0. The van der Waals surface area contributed by atoms with E-state index in [1.165, 1.54) is 0 Å².